The lowest BCUT2D eigenvalue weighted by Crippen LogP contribution is -2.11. The van der Waals surface area contributed by atoms with Crippen LogP contribution >= 0.6 is 0 Å². The van der Waals surface area contributed by atoms with E-state index < -0.39 is 0 Å². The van der Waals surface area contributed by atoms with Crippen LogP contribution in [-0.4, -0.2) is 24.5 Å². The summed E-state index contributed by atoms with van der Waals surface area (Å²) >= 11 is 0. The molecule has 0 unspecified atom stereocenters. The van der Waals surface area contributed by atoms with E-state index >= 15 is 0 Å². The van der Waals surface area contributed by atoms with Crippen molar-refractivity contribution in [2.75, 3.05) is 5.73 Å². The Hall–Kier alpha value is -1.85. The number of nitrogens with two attached hydrogens (primary N) is 1. The molecule has 0 aliphatic carbocycles. The Labute approximate surface area is 94.1 Å². The maximum absolute atomic E-state index is 5.65. The summed E-state index contributed by atoms with van der Waals surface area (Å²) in [5.74, 6) is 0.482. The maximum Gasteiger partial charge on any atom is 0.168 e. The topological polar surface area (TPSA) is 74.6 Å². The molecule has 6 nitrogen and oxygen atoms in total. The van der Waals surface area contributed by atoms with E-state index in [4.69, 9.17) is 5.73 Å². The average molecular weight is 220 g/mol. The first-order valence-electron chi connectivity index (χ1n) is 5.26. The van der Waals surface area contributed by atoms with E-state index in [-0.39, 0.29) is 0 Å². The van der Waals surface area contributed by atoms with Gasteiger partial charge in [0.15, 0.2) is 5.82 Å². The number of rotatable bonds is 3. The predicted octanol–water partition coefficient (Wildman–Crippen LogP) is 0.994. The Balaban J connectivity index is 2.27. The lowest BCUT2D eigenvalue weighted by Gasteiger charge is -2.11. The largest absolute Gasteiger partial charge is 0.381 e. The van der Waals surface area contributed by atoms with Crippen LogP contribution in [0.15, 0.2) is 12.5 Å². The summed E-state index contributed by atoms with van der Waals surface area (Å²) in [7, 11) is 0. The average Bonchev–Trinajstić information content (AvgIpc) is 2.80. The van der Waals surface area contributed by atoms with E-state index in [9.17, 15) is 0 Å². The molecule has 86 valence electrons. The second kappa shape index (κ2) is 3.96. The van der Waals surface area contributed by atoms with Crippen molar-refractivity contribution in [1.29, 1.82) is 0 Å². The highest BCUT2D eigenvalue weighted by Gasteiger charge is 2.09. The van der Waals surface area contributed by atoms with Gasteiger partial charge in [-0.2, -0.15) is 0 Å². The van der Waals surface area contributed by atoms with Crippen molar-refractivity contribution < 1.29 is 0 Å². The third kappa shape index (κ3) is 1.78. The summed E-state index contributed by atoms with van der Waals surface area (Å²) in [4.78, 5) is 4.15. The van der Waals surface area contributed by atoms with Gasteiger partial charge in [-0.3, -0.25) is 0 Å². The molecular formula is C10H16N6. The first-order chi connectivity index (χ1) is 7.59. The molecule has 0 amide bonds. The van der Waals surface area contributed by atoms with Crippen LogP contribution in [-0.2, 0) is 6.54 Å². The van der Waals surface area contributed by atoms with Gasteiger partial charge in [0.25, 0.3) is 0 Å². The van der Waals surface area contributed by atoms with Crippen LogP contribution in [0.1, 0.15) is 31.3 Å². The van der Waals surface area contributed by atoms with E-state index in [0.717, 1.165) is 11.4 Å². The van der Waals surface area contributed by atoms with Gasteiger partial charge in [-0.25, -0.2) is 9.67 Å². The van der Waals surface area contributed by atoms with Crippen LogP contribution in [0.3, 0.4) is 0 Å². The van der Waals surface area contributed by atoms with Gasteiger partial charge < -0.3 is 10.3 Å². The SMILES string of the molecule is Cc1c(N)nnn1Cc1cncn1C(C)C. The molecule has 2 heterocycles. The van der Waals surface area contributed by atoms with Gasteiger partial charge in [-0.1, -0.05) is 5.21 Å². The van der Waals surface area contributed by atoms with Crippen LogP contribution in [0.5, 0.6) is 0 Å². The molecule has 0 fully saturated rings. The Bertz CT molecular complexity index is 481. The Kier molecular flexibility index (Phi) is 2.64. The Morgan fingerprint density at radius 2 is 2.19 bits per heavy atom. The molecule has 2 N–H and O–H groups in total. The number of hydrogen-bond acceptors (Lipinski definition) is 4. The van der Waals surface area contributed by atoms with Crippen LogP contribution < -0.4 is 5.73 Å². The van der Waals surface area contributed by atoms with Gasteiger partial charge in [-0.15, -0.1) is 5.10 Å². The fourth-order valence-electron chi connectivity index (χ4n) is 1.60. The highest BCUT2D eigenvalue weighted by atomic mass is 15.4. The molecule has 0 aliphatic heterocycles. The molecule has 0 saturated carbocycles. The summed E-state index contributed by atoms with van der Waals surface area (Å²) < 4.78 is 3.89. The van der Waals surface area contributed by atoms with Crippen LogP contribution in [0.4, 0.5) is 5.82 Å². The number of imidazole rings is 1. The van der Waals surface area contributed by atoms with E-state index in [1.54, 1.807) is 4.68 Å². The minimum Gasteiger partial charge on any atom is -0.381 e. The molecule has 2 rings (SSSR count). The zero-order valence-electron chi connectivity index (χ0n) is 9.75. The van der Waals surface area contributed by atoms with E-state index in [1.165, 1.54) is 0 Å². The molecule has 16 heavy (non-hydrogen) atoms. The van der Waals surface area contributed by atoms with E-state index in [0.29, 0.717) is 18.4 Å². The predicted molar refractivity (Wildman–Crippen MR) is 60.9 cm³/mol. The number of anilines is 1. The third-order valence-corrected chi connectivity index (χ3v) is 2.63. The fraction of sp³-hybridized carbons (Fsp3) is 0.500. The molecule has 0 spiro atoms. The fourth-order valence-corrected chi connectivity index (χ4v) is 1.60. The van der Waals surface area contributed by atoms with Crippen molar-refractivity contribution in [1.82, 2.24) is 24.5 Å². The first kappa shape index (κ1) is 10.7. The minimum absolute atomic E-state index is 0.388. The lowest BCUT2D eigenvalue weighted by molar-refractivity contribution is 0.537. The zero-order valence-corrected chi connectivity index (χ0v) is 9.75. The summed E-state index contributed by atoms with van der Waals surface area (Å²) in [6, 6.07) is 0.388. The Morgan fingerprint density at radius 1 is 1.44 bits per heavy atom. The normalized spacial score (nSPS) is 11.2. The number of hydrogen-bond donors (Lipinski definition) is 1. The van der Waals surface area contributed by atoms with Gasteiger partial charge in [0.05, 0.1) is 30.5 Å². The standard InChI is InChI=1S/C10H16N6/c1-7(2)15-6-12-4-9(15)5-16-8(3)10(11)13-14-16/h4,6-7H,5,11H2,1-3H3. The molecule has 2 aromatic heterocycles. The summed E-state index contributed by atoms with van der Waals surface area (Å²) in [6.45, 7) is 6.79. The summed E-state index contributed by atoms with van der Waals surface area (Å²) in [5, 5.41) is 7.82. The smallest absolute Gasteiger partial charge is 0.168 e. The maximum atomic E-state index is 5.65. The van der Waals surface area contributed by atoms with Crippen LogP contribution in [0.2, 0.25) is 0 Å². The molecule has 6 heteroatoms. The monoisotopic (exact) mass is 220 g/mol. The van der Waals surface area contributed by atoms with Gasteiger partial charge in [0, 0.05) is 6.04 Å². The molecular weight excluding hydrogens is 204 g/mol. The summed E-state index contributed by atoms with van der Waals surface area (Å²) in [5.41, 5.74) is 7.64. The number of nitrogen functional groups attached to an aromatic ring is 1. The molecule has 2 aromatic rings. The zero-order chi connectivity index (χ0) is 11.7. The highest BCUT2D eigenvalue weighted by Crippen LogP contribution is 2.12. The van der Waals surface area contributed by atoms with E-state index in [2.05, 4.69) is 33.7 Å². The molecule has 0 aromatic carbocycles. The molecule has 0 aliphatic rings. The van der Waals surface area contributed by atoms with Crippen LogP contribution in [0.25, 0.3) is 0 Å². The lowest BCUT2D eigenvalue weighted by atomic mass is 10.3. The van der Waals surface area contributed by atoms with Gasteiger partial charge in [0.2, 0.25) is 0 Å². The third-order valence-electron chi connectivity index (χ3n) is 2.63. The van der Waals surface area contributed by atoms with Crippen molar-refractivity contribution in [3.8, 4) is 0 Å². The second-order valence-electron chi connectivity index (χ2n) is 4.10. The van der Waals surface area contributed by atoms with Crippen LogP contribution in [0, 0.1) is 6.92 Å². The molecule has 0 atom stereocenters. The van der Waals surface area contributed by atoms with Crippen molar-refractivity contribution in [3.05, 3.63) is 23.9 Å². The summed E-state index contributed by atoms with van der Waals surface area (Å²) in [6.07, 6.45) is 3.67. The second-order valence-corrected chi connectivity index (χ2v) is 4.10. The number of nitrogens with zero attached hydrogens (tertiary/aromatic N) is 5. The quantitative estimate of drug-likeness (QED) is 0.837. The van der Waals surface area contributed by atoms with E-state index in [1.807, 2.05) is 19.4 Å². The molecule has 0 bridgehead atoms. The van der Waals surface area contributed by atoms with Crippen molar-refractivity contribution in [3.63, 3.8) is 0 Å². The first-order valence-corrected chi connectivity index (χ1v) is 5.26. The van der Waals surface area contributed by atoms with Gasteiger partial charge in [0.1, 0.15) is 0 Å². The molecule has 0 saturated heterocycles. The van der Waals surface area contributed by atoms with Crippen molar-refractivity contribution >= 4 is 5.82 Å². The molecule has 0 radical (unpaired) electrons. The highest BCUT2D eigenvalue weighted by molar-refractivity contribution is 5.31. The van der Waals surface area contributed by atoms with Crippen molar-refractivity contribution in [2.45, 2.75) is 33.4 Å². The number of aromatic nitrogens is 5. The van der Waals surface area contributed by atoms with Gasteiger partial charge >= 0.3 is 0 Å². The Morgan fingerprint density at radius 3 is 2.75 bits per heavy atom. The van der Waals surface area contributed by atoms with Crippen molar-refractivity contribution in [2.24, 2.45) is 0 Å². The van der Waals surface area contributed by atoms with Gasteiger partial charge in [-0.05, 0) is 20.8 Å². The minimum atomic E-state index is 0.388.